The normalized spacial score (nSPS) is 22.8. The molecule has 1 atom stereocenters. The van der Waals surface area contributed by atoms with E-state index in [9.17, 15) is 9.90 Å². The lowest BCUT2D eigenvalue weighted by Crippen LogP contribution is -2.52. The van der Waals surface area contributed by atoms with Crippen LogP contribution in [0, 0.1) is 6.92 Å². The lowest BCUT2D eigenvalue weighted by Gasteiger charge is -2.46. The van der Waals surface area contributed by atoms with Crippen LogP contribution in [0.3, 0.4) is 0 Å². The molecular weight excluding hydrogens is 364 g/mol. The molecule has 5 nitrogen and oxygen atoms in total. The summed E-state index contributed by atoms with van der Waals surface area (Å²) in [4.78, 5) is 17.1. The Balaban J connectivity index is 1.22. The number of para-hydroxylation sites is 1. The molecule has 0 aliphatic carbocycles. The average Bonchev–Trinajstić information content (AvgIpc) is 3.15. The van der Waals surface area contributed by atoms with Crippen LogP contribution >= 0.6 is 0 Å². The molecule has 3 aliphatic heterocycles. The van der Waals surface area contributed by atoms with E-state index in [-0.39, 0.29) is 11.5 Å². The fourth-order valence-electron chi connectivity index (χ4n) is 5.06. The van der Waals surface area contributed by atoms with Crippen LogP contribution in [0.15, 0.2) is 42.5 Å². The second-order valence-corrected chi connectivity index (χ2v) is 8.75. The number of benzene rings is 2. The van der Waals surface area contributed by atoms with Crippen molar-refractivity contribution >= 4 is 11.6 Å². The third-order valence-corrected chi connectivity index (χ3v) is 6.73. The molecule has 0 aromatic heterocycles. The van der Waals surface area contributed by atoms with Crippen LogP contribution in [0.25, 0.3) is 0 Å². The van der Waals surface area contributed by atoms with Gasteiger partial charge in [-0.1, -0.05) is 29.8 Å². The standard InChI is InChI=1S/C24H28N2O3/c1-17-6-7-22-19(14-17)21(27)15-24(29-22)9-12-25(13-10-24)16-23(28)26-11-8-18-4-2-3-5-20(18)26/h2-7,14,21,27H,8-13,15-16H2,1H3. The predicted octanol–water partition coefficient (Wildman–Crippen LogP) is 3.23. The van der Waals surface area contributed by atoms with Crippen molar-refractivity contribution in [3.8, 4) is 5.75 Å². The van der Waals surface area contributed by atoms with Crippen LogP contribution in [0.1, 0.15) is 42.1 Å². The first-order valence-corrected chi connectivity index (χ1v) is 10.6. The van der Waals surface area contributed by atoms with Gasteiger partial charge in [0.05, 0.1) is 12.6 Å². The summed E-state index contributed by atoms with van der Waals surface area (Å²) in [5.41, 5.74) is 4.05. The van der Waals surface area contributed by atoms with E-state index in [1.807, 2.05) is 48.2 Å². The first kappa shape index (κ1) is 18.6. The molecule has 2 aromatic carbocycles. The third-order valence-electron chi connectivity index (χ3n) is 6.73. The largest absolute Gasteiger partial charge is 0.487 e. The number of carbonyl (C=O) groups is 1. The summed E-state index contributed by atoms with van der Waals surface area (Å²) < 4.78 is 6.40. The highest BCUT2D eigenvalue weighted by atomic mass is 16.5. The van der Waals surface area contributed by atoms with E-state index in [4.69, 9.17) is 4.74 Å². The third kappa shape index (κ3) is 3.43. The molecule has 1 N–H and O–H groups in total. The van der Waals surface area contributed by atoms with Gasteiger partial charge in [0.25, 0.3) is 0 Å². The Morgan fingerprint density at radius 2 is 1.97 bits per heavy atom. The molecule has 3 heterocycles. The van der Waals surface area contributed by atoms with Gasteiger partial charge in [-0.25, -0.2) is 0 Å². The van der Waals surface area contributed by atoms with Crippen LogP contribution in [0.4, 0.5) is 5.69 Å². The Labute approximate surface area is 171 Å². The first-order valence-electron chi connectivity index (χ1n) is 10.6. The summed E-state index contributed by atoms with van der Waals surface area (Å²) >= 11 is 0. The maximum atomic E-state index is 12.9. The van der Waals surface area contributed by atoms with Crippen LogP contribution < -0.4 is 9.64 Å². The van der Waals surface area contributed by atoms with Crippen molar-refractivity contribution in [1.29, 1.82) is 0 Å². The first-order chi connectivity index (χ1) is 14.0. The number of ether oxygens (including phenoxy) is 1. The molecule has 1 fully saturated rings. The number of rotatable bonds is 2. The lowest BCUT2D eigenvalue weighted by molar-refractivity contribution is -0.121. The zero-order chi connectivity index (χ0) is 20.0. The highest BCUT2D eigenvalue weighted by Crippen LogP contribution is 2.44. The number of aliphatic hydroxyl groups excluding tert-OH is 1. The van der Waals surface area contributed by atoms with Gasteiger partial charge in [0.2, 0.25) is 5.91 Å². The summed E-state index contributed by atoms with van der Waals surface area (Å²) in [7, 11) is 0. The van der Waals surface area contributed by atoms with Crippen molar-refractivity contribution in [3.05, 3.63) is 59.2 Å². The van der Waals surface area contributed by atoms with Crippen molar-refractivity contribution in [1.82, 2.24) is 4.90 Å². The number of hydrogen-bond acceptors (Lipinski definition) is 4. The van der Waals surface area contributed by atoms with Gasteiger partial charge < -0.3 is 14.7 Å². The highest BCUT2D eigenvalue weighted by Gasteiger charge is 2.43. The average molecular weight is 392 g/mol. The van der Waals surface area contributed by atoms with E-state index in [0.717, 1.165) is 61.5 Å². The van der Waals surface area contributed by atoms with Crippen molar-refractivity contribution in [2.75, 3.05) is 31.1 Å². The molecule has 3 aliphatic rings. The van der Waals surface area contributed by atoms with Crippen molar-refractivity contribution in [2.45, 2.75) is 44.3 Å². The summed E-state index contributed by atoms with van der Waals surface area (Å²) in [5, 5.41) is 10.7. The van der Waals surface area contributed by atoms with Crippen LogP contribution in [0.5, 0.6) is 5.75 Å². The van der Waals surface area contributed by atoms with Gasteiger partial charge >= 0.3 is 0 Å². The summed E-state index contributed by atoms with van der Waals surface area (Å²) in [6.45, 7) is 4.89. The fourth-order valence-corrected chi connectivity index (χ4v) is 5.06. The predicted molar refractivity (Wildman–Crippen MR) is 112 cm³/mol. The molecule has 1 saturated heterocycles. The molecule has 2 aromatic rings. The number of piperidine rings is 1. The van der Waals surface area contributed by atoms with E-state index in [2.05, 4.69) is 11.0 Å². The lowest BCUT2D eigenvalue weighted by atomic mass is 9.81. The molecule has 5 heteroatoms. The summed E-state index contributed by atoms with van der Waals surface area (Å²) in [6.07, 6.45) is 2.76. The number of carbonyl (C=O) groups excluding carboxylic acids is 1. The Bertz CT molecular complexity index is 933. The monoisotopic (exact) mass is 392 g/mol. The number of fused-ring (bicyclic) bond motifs is 2. The summed E-state index contributed by atoms with van der Waals surface area (Å²) in [5.74, 6) is 0.990. The van der Waals surface area contributed by atoms with Crippen molar-refractivity contribution in [3.63, 3.8) is 0 Å². The number of anilines is 1. The maximum absolute atomic E-state index is 12.9. The molecule has 0 saturated carbocycles. The van der Waals surface area contributed by atoms with Gasteiger partial charge in [0, 0.05) is 37.3 Å². The highest BCUT2D eigenvalue weighted by molar-refractivity contribution is 5.96. The molecule has 152 valence electrons. The smallest absolute Gasteiger partial charge is 0.241 e. The molecule has 0 radical (unpaired) electrons. The minimum atomic E-state index is -0.479. The molecule has 0 bridgehead atoms. The van der Waals surface area contributed by atoms with E-state index >= 15 is 0 Å². The van der Waals surface area contributed by atoms with E-state index < -0.39 is 6.10 Å². The number of likely N-dealkylation sites (tertiary alicyclic amines) is 1. The quantitative estimate of drug-likeness (QED) is 0.853. The SMILES string of the molecule is Cc1ccc2c(c1)C(O)CC1(CCN(CC(=O)N3CCc4ccccc43)CC1)O2. The number of hydrogen-bond donors (Lipinski definition) is 1. The van der Waals surface area contributed by atoms with E-state index in [0.29, 0.717) is 13.0 Å². The molecular formula is C24H28N2O3. The van der Waals surface area contributed by atoms with Crippen molar-refractivity contribution < 1.29 is 14.6 Å². The number of aryl methyl sites for hydroxylation is 1. The fraction of sp³-hybridized carbons (Fsp3) is 0.458. The van der Waals surface area contributed by atoms with Crippen LogP contribution in [-0.2, 0) is 11.2 Å². The Morgan fingerprint density at radius 1 is 1.17 bits per heavy atom. The van der Waals surface area contributed by atoms with Crippen molar-refractivity contribution in [2.24, 2.45) is 0 Å². The van der Waals surface area contributed by atoms with Gasteiger partial charge in [-0.3, -0.25) is 9.69 Å². The van der Waals surface area contributed by atoms with E-state index in [1.165, 1.54) is 5.56 Å². The molecule has 1 unspecified atom stereocenters. The topological polar surface area (TPSA) is 53.0 Å². The Hall–Kier alpha value is -2.37. The van der Waals surface area contributed by atoms with E-state index in [1.54, 1.807) is 0 Å². The summed E-state index contributed by atoms with van der Waals surface area (Å²) in [6, 6.07) is 14.2. The minimum absolute atomic E-state index is 0.177. The van der Waals surface area contributed by atoms with Gasteiger partial charge in [0.15, 0.2) is 0 Å². The van der Waals surface area contributed by atoms with Gasteiger partial charge in [-0.15, -0.1) is 0 Å². The minimum Gasteiger partial charge on any atom is -0.487 e. The Morgan fingerprint density at radius 3 is 2.79 bits per heavy atom. The zero-order valence-corrected chi connectivity index (χ0v) is 16.9. The molecule has 5 rings (SSSR count). The van der Waals surface area contributed by atoms with Gasteiger partial charge in [-0.2, -0.15) is 0 Å². The zero-order valence-electron chi connectivity index (χ0n) is 16.9. The van der Waals surface area contributed by atoms with Crippen LogP contribution in [-0.4, -0.2) is 47.7 Å². The molecule has 29 heavy (non-hydrogen) atoms. The number of aliphatic hydroxyl groups is 1. The van der Waals surface area contributed by atoms with Gasteiger partial charge in [-0.05, 0) is 49.9 Å². The van der Waals surface area contributed by atoms with Gasteiger partial charge in [0.1, 0.15) is 11.4 Å². The number of nitrogens with zero attached hydrogens (tertiary/aromatic N) is 2. The van der Waals surface area contributed by atoms with Crippen LogP contribution in [0.2, 0.25) is 0 Å². The second kappa shape index (κ2) is 7.15. The molecule has 1 spiro atoms. The molecule has 1 amide bonds. The maximum Gasteiger partial charge on any atom is 0.241 e. The second-order valence-electron chi connectivity index (χ2n) is 8.75. The number of amides is 1. The Kier molecular flexibility index (Phi) is 4.60.